The molecule has 1 unspecified atom stereocenters. The van der Waals surface area contributed by atoms with Gasteiger partial charge in [-0.1, -0.05) is 28.1 Å². The standard InChI is InChI=1S/C17H18BrN/c1-11-7-12(2)9-15(8-11)19-17-6-3-13-10-14(18)4-5-16(13)17/h4-5,7-10,17,19H,3,6H2,1-2H3. The van der Waals surface area contributed by atoms with E-state index in [4.69, 9.17) is 0 Å². The first-order chi connectivity index (χ1) is 9.11. The number of hydrogen-bond acceptors (Lipinski definition) is 1. The highest BCUT2D eigenvalue weighted by atomic mass is 79.9. The zero-order chi connectivity index (χ0) is 13.4. The van der Waals surface area contributed by atoms with Crippen molar-refractivity contribution in [3.8, 4) is 0 Å². The molecule has 0 bridgehead atoms. The summed E-state index contributed by atoms with van der Waals surface area (Å²) >= 11 is 3.55. The molecule has 1 atom stereocenters. The summed E-state index contributed by atoms with van der Waals surface area (Å²) in [6, 6.07) is 13.7. The van der Waals surface area contributed by atoms with Crippen molar-refractivity contribution in [3.05, 3.63) is 63.1 Å². The van der Waals surface area contributed by atoms with Gasteiger partial charge < -0.3 is 5.32 Å². The molecule has 1 nitrogen and oxygen atoms in total. The Kier molecular flexibility index (Phi) is 3.36. The highest BCUT2D eigenvalue weighted by molar-refractivity contribution is 9.10. The molecule has 19 heavy (non-hydrogen) atoms. The van der Waals surface area contributed by atoms with Gasteiger partial charge in [-0.05, 0) is 73.2 Å². The second-order valence-electron chi connectivity index (χ2n) is 5.46. The van der Waals surface area contributed by atoms with Crippen LogP contribution in [0.25, 0.3) is 0 Å². The van der Waals surface area contributed by atoms with Gasteiger partial charge in [-0.2, -0.15) is 0 Å². The highest BCUT2D eigenvalue weighted by Gasteiger charge is 2.22. The average Bonchev–Trinajstić information content (AvgIpc) is 2.70. The normalized spacial score (nSPS) is 17.3. The number of aryl methyl sites for hydroxylation is 3. The van der Waals surface area contributed by atoms with Gasteiger partial charge in [0.1, 0.15) is 0 Å². The molecule has 0 amide bonds. The molecule has 2 aromatic rings. The Balaban J connectivity index is 1.86. The number of benzene rings is 2. The van der Waals surface area contributed by atoms with Gasteiger partial charge >= 0.3 is 0 Å². The minimum atomic E-state index is 0.448. The van der Waals surface area contributed by atoms with Gasteiger partial charge in [0.2, 0.25) is 0 Å². The number of rotatable bonds is 2. The first-order valence-electron chi connectivity index (χ1n) is 6.75. The van der Waals surface area contributed by atoms with E-state index in [1.54, 1.807) is 0 Å². The maximum absolute atomic E-state index is 3.68. The van der Waals surface area contributed by atoms with Crippen LogP contribution in [0.5, 0.6) is 0 Å². The van der Waals surface area contributed by atoms with Crippen molar-refractivity contribution in [1.82, 2.24) is 0 Å². The SMILES string of the molecule is Cc1cc(C)cc(NC2CCc3cc(Br)ccc32)c1. The number of fused-ring (bicyclic) bond motifs is 1. The van der Waals surface area contributed by atoms with Crippen molar-refractivity contribution in [2.24, 2.45) is 0 Å². The molecule has 0 radical (unpaired) electrons. The van der Waals surface area contributed by atoms with E-state index in [0.717, 1.165) is 6.42 Å². The van der Waals surface area contributed by atoms with Crippen LogP contribution >= 0.6 is 15.9 Å². The average molecular weight is 316 g/mol. The van der Waals surface area contributed by atoms with E-state index in [0.29, 0.717) is 6.04 Å². The van der Waals surface area contributed by atoms with E-state index in [1.165, 1.54) is 38.8 Å². The van der Waals surface area contributed by atoms with E-state index < -0.39 is 0 Å². The third kappa shape index (κ3) is 2.69. The van der Waals surface area contributed by atoms with E-state index in [-0.39, 0.29) is 0 Å². The van der Waals surface area contributed by atoms with Crippen LogP contribution in [0, 0.1) is 13.8 Å². The van der Waals surface area contributed by atoms with Gasteiger partial charge in [-0.25, -0.2) is 0 Å². The monoisotopic (exact) mass is 315 g/mol. The van der Waals surface area contributed by atoms with Gasteiger partial charge in [0.15, 0.2) is 0 Å². The summed E-state index contributed by atoms with van der Waals surface area (Å²) in [7, 11) is 0. The van der Waals surface area contributed by atoms with Crippen molar-refractivity contribution in [1.29, 1.82) is 0 Å². The summed E-state index contributed by atoms with van der Waals surface area (Å²) in [5.41, 5.74) is 6.78. The molecule has 3 rings (SSSR count). The predicted octanol–water partition coefficient (Wildman–Crippen LogP) is 5.17. The Labute approximate surface area is 123 Å². The molecule has 0 saturated heterocycles. The molecule has 0 aliphatic heterocycles. The van der Waals surface area contributed by atoms with Crippen LogP contribution in [0.3, 0.4) is 0 Å². The van der Waals surface area contributed by atoms with E-state index in [1.807, 2.05) is 0 Å². The maximum atomic E-state index is 3.68. The number of anilines is 1. The largest absolute Gasteiger partial charge is 0.378 e. The Morgan fingerprint density at radius 1 is 1.05 bits per heavy atom. The van der Waals surface area contributed by atoms with Gasteiger partial charge in [0.25, 0.3) is 0 Å². The maximum Gasteiger partial charge on any atom is 0.0519 e. The van der Waals surface area contributed by atoms with Crippen LogP contribution in [0.4, 0.5) is 5.69 Å². The van der Waals surface area contributed by atoms with E-state index in [9.17, 15) is 0 Å². The van der Waals surface area contributed by atoms with Gasteiger partial charge in [-0.15, -0.1) is 0 Å². The smallest absolute Gasteiger partial charge is 0.0519 e. The lowest BCUT2D eigenvalue weighted by molar-refractivity contribution is 0.762. The molecular weight excluding hydrogens is 298 g/mol. The highest BCUT2D eigenvalue weighted by Crippen LogP contribution is 2.35. The van der Waals surface area contributed by atoms with Gasteiger partial charge in [0.05, 0.1) is 6.04 Å². The quantitative estimate of drug-likeness (QED) is 0.806. The second kappa shape index (κ2) is 5.01. The van der Waals surface area contributed by atoms with Crippen LogP contribution < -0.4 is 5.32 Å². The molecule has 0 heterocycles. The summed E-state index contributed by atoms with van der Waals surface area (Å²) in [4.78, 5) is 0. The fraction of sp³-hybridized carbons (Fsp3) is 0.294. The minimum Gasteiger partial charge on any atom is -0.378 e. The summed E-state index contributed by atoms with van der Waals surface area (Å²) < 4.78 is 1.18. The lowest BCUT2D eigenvalue weighted by Gasteiger charge is -2.16. The Morgan fingerprint density at radius 2 is 1.79 bits per heavy atom. The lowest BCUT2D eigenvalue weighted by Crippen LogP contribution is -2.07. The third-order valence-electron chi connectivity index (χ3n) is 3.75. The van der Waals surface area contributed by atoms with Crippen molar-refractivity contribution in [2.75, 3.05) is 5.32 Å². The molecule has 0 aromatic heterocycles. The summed E-state index contributed by atoms with van der Waals surface area (Å²) in [6.07, 6.45) is 2.34. The lowest BCUT2D eigenvalue weighted by atomic mass is 10.1. The Bertz CT molecular complexity index is 598. The molecule has 0 spiro atoms. The van der Waals surface area contributed by atoms with Crippen LogP contribution in [0.1, 0.15) is 34.7 Å². The Hall–Kier alpha value is -1.28. The molecule has 1 aliphatic rings. The number of nitrogens with one attached hydrogen (secondary N) is 1. The molecule has 0 fully saturated rings. The molecule has 2 heteroatoms. The van der Waals surface area contributed by atoms with Crippen molar-refractivity contribution >= 4 is 21.6 Å². The molecule has 98 valence electrons. The minimum absolute atomic E-state index is 0.448. The molecule has 1 N–H and O–H groups in total. The van der Waals surface area contributed by atoms with Crippen molar-refractivity contribution < 1.29 is 0 Å². The van der Waals surface area contributed by atoms with Gasteiger partial charge in [-0.3, -0.25) is 0 Å². The zero-order valence-electron chi connectivity index (χ0n) is 11.3. The Morgan fingerprint density at radius 3 is 2.53 bits per heavy atom. The van der Waals surface area contributed by atoms with Crippen LogP contribution in [0.2, 0.25) is 0 Å². The van der Waals surface area contributed by atoms with Crippen LogP contribution in [0.15, 0.2) is 40.9 Å². The summed E-state index contributed by atoms with van der Waals surface area (Å²) in [5.74, 6) is 0. The molecular formula is C17H18BrN. The predicted molar refractivity (Wildman–Crippen MR) is 84.7 cm³/mol. The fourth-order valence-corrected chi connectivity index (χ4v) is 3.40. The number of hydrogen-bond donors (Lipinski definition) is 1. The van der Waals surface area contributed by atoms with Crippen molar-refractivity contribution in [3.63, 3.8) is 0 Å². The van der Waals surface area contributed by atoms with Crippen molar-refractivity contribution in [2.45, 2.75) is 32.7 Å². The summed E-state index contributed by atoms with van der Waals surface area (Å²) in [5, 5.41) is 3.68. The zero-order valence-corrected chi connectivity index (χ0v) is 12.9. The van der Waals surface area contributed by atoms with E-state index in [2.05, 4.69) is 71.5 Å². The topological polar surface area (TPSA) is 12.0 Å². The molecule has 2 aromatic carbocycles. The first kappa shape index (κ1) is 12.7. The third-order valence-corrected chi connectivity index (χ3v) is 4.24. The number of halogens is 1. The van der Waals surface area contributed by atoms with Crippen LogP contribution in [-0.2, 0) is 6.42 Å². The van der Waals surface area contributed by atoms with Crippen LogP contribution in [-0.4, -0.2) is 0 Å². The molecule has 1 aliphatic carbocycles. The fourth-order valence-electron chi connectivity index (χ4n) is 3.00. The summed E-state index contributed by atoms with van der Waals surface area (Å²) in [6.45, 7) is 4.30. The second-order valence-corrected chi connectivity index (χ2v) is 6.37. The molecule has 0 saturated carbocycles. The van der Waals surface area contributed by atoms with E-state index >= 15 is 0 Å². The van der Waals surface area contributed by atoms with Gasteiger partial charge in [0, 0.05) is 10.2 Å². The first-order valence-corrected chi connectivity index (χ1v) is 7.54.